The molecular formula is C15H10Cl2N2O. The van der Waals surface area contributed by atoms with E-state index in [9.17, 15) is 4.79 Å². The maximum Gasteiger partial charge on any atom is 0.342 e. The van der Waals surface area contributed by atoms with Crippen molar-refractivity contribution in [1.29, 1.82) is 0 Å². The van der Waals surface area contributed by atoms with Crippen LogP contribution in [0.2, 0.25) is 10.0 Å². The van der Waals surface area contributed by atoms with Crippen molar-refractivity contribution in [1.82, 2.24) is 5.32 Å². The van der Waals surface area contributed by atoms with Crippen LogP contribution in [-0.4, -0.2) is 11.7 Å². The lowest BCUT2D eigenvalue weighted by Crippen LogP contribution is -2.24. The van der Waals surface area contributed by atoms with E-state index in [1.165, 1.54) is 0 Å². The molecule has 0 aromatic heterocycles. The summed E-state index contributed by atoms with van der Waals surface area (Å²) in [6.07, 6.45) is 0. The lowest BCUT2D eigenvalue weighted by atomic mass is 9.97. The second-order valence-corrected chi connectivity index (χ2v) is 5.23. The van der Waals surface area contributed by atoms with Crippen LogP contribution >= 0.6 is 23.2 Å². The van der Waals surface area contributed by atoms with Gasteiger partial charge in [0.25, 0.3) is 0 Å². The van der Waals surface area contributed by atoms with Crippen molar-refractivity contribution in [2.45, 2.75) is 6.04 Å². The first-order valence-electron chi connectivity index (χ1n) is 6.04. The Morgan fingerprint density at radius 1 is 1.00 bits per heavy atom. The molecule has 2 aromatic rings. The average Bonchev–Trinajstić information content (AvgIpc) is 2.85. The average molecular weight is 305 g/mol. The monoisotopic (exact) mass is 304 g/mol. The van der Waals surface area contributed by atoms with Crippen molar-refractivity contribution >= 4 is 34.9 Å². The summed E-state index contributed by atoms with van der Waals surface area (Å²) < 4.78 is 0. The van der Waals surface area contributed by atoms with Crippen molar-refractivity contribution in [3.8, 4) is 0 Å². The first-order valence-corrected chi connectivity index (χ1v) is 6.80. The number of carbonyl (C=O) groups excluding carboxylic acids is 1. The number of amides is 2. The van der Waals surface area contributed by atoms with Gasteiger partial charge in [0, 0.05) is 5.56 Å². The molecule has 0 saturated carbocycles. The third kappa shape index (κ3) is 2.42. The quantitative estimate of drug-likeness (QED) is 0.885. The van der Waals surface area contributed by atoms with Gasteiger partial charge in [0.2, 0.25) is 0 Å². The van der Waals surface area contributed by atoms with Crippen molar-refractivity contribution < 1.29 is 4.79 Å². The predicted octanol–water partition coefficient (Wildman–Crippen LogP) is 4.25. The first kappa shape index (κ1) is 13.2. The van der Waals surface area contributed by atoms with Gasteiger partial charge in [-0.25, -0.2) is 4.79 Å². The molecule has 0 fully saturated rings. The van der Waals surface area contributed by atoms with E-state index >= 15 is 0 Å². The molecule has 5 heteroatoms. The van der Waals surface area contributed by atoms with Crippen LogP contribution < -0.4 is 5.32 Å². The number of rotatable bonds is 2. The van der Waals surface area contributed by atoms with Crippen LogP contribution in [0, 0.1) is 0 Å². The highest BCUT2D eigenvalue weighted by Crippen LogP contribution is 2.28. The fourth-order valence-corrected chi connectivity index (χ4v) is 2.47. The van der Waals surface area contributed by atoms with Crippen LogP contribution in [0.4, 0.5) is 4.79 Å². The van der Waals surface area contributed by atoms with E-state index < -0.39 is 0 Å². The number of urea groups is 1. The molecular weight excluding hydrogens is 295 g/mol. The van der Waals surface area contributed by atoms with Gasteiger partial charge in [0.15, 0.2) is 0 Å². The largest absolute Gasteiger partial charge is 0.342 e. The van der Waals surface area contributed by atoms with Gasteiger partial charge in [-0.15, -0.1) is 0 Å². The summed E-state index contributed by atoms with van der Waals surface area (Å²) in [4.78, 5) is 15.7. The Labute approximate surface area is 126 Å². The summed E-state index contributed by atoms with van der Waals surface area (Å²) in [6, 6.07) is 14.3. The second kappa shape index (κ2) is 5.27. The van der Waals surface area contributed by atoms with Gasteiger partial charge in [-0.3, -0.25) is 0 Å². The summed E-state index contributed by atoms with van der Waals surface area (Å²) in [6.45, 7) is 0. The number of hydrogen-bond donors (Lipinski definition) is 1. The molecule has 1 N–H and O–H groups in total. The molecule has 0 saturated heterocycles. The van der Waals surface area contributed by atoms with Crippen molar-refractivity contribution in [2.75, 3.05) is 0 Å². The first-order chi connectivity index (χ1) is 9.65. The molecule has 2 amide bonds. The topological polar surface area (TPSA) is 41.5 Å². The molecule has 1 aliphatic rings. The maximum absolute atomic E-state index is 11.6. The number of hydrogen-bond acceptors (Lipinski definition) is 1. The lowest BCUT2D eigenvalue weighted by Gasteiger charge is -2.14. The molecule has 20 heavy (non-hydrogen) atoms. The summed E-state index contributed by atoms with van der Waals surface area (Å²) in [5, 5.41) is 3.75. The van der Waals surface area contributed by atoms with E-state index in [1.807, 2.05) is 36.4 Å². The van der Waals surface area contributed by atoms with E-state index in [4.69, 9.17) is 23.2 Å². The van der Waals surface area contributed by atoms with Crippen LogP contribution in [0.15, 0.2) is 53.5 Å². The number of nitrogens with zero attached hydrogens (tertiary/aromatic N) is 1. The fourth-order valence-electron chi connectivity index (χ4n) is 2.17. The smallest absolute Gasteiger partial charge is 0.324 e. The van der Waals surface area contributed by atoms with Crippen molar-refractivity contribution in [3.63, 3.8) is 0 Å². The van der Waals surface area contributed by atoms with E-state index in [0.29, 0.717) is 15.8 Å². The Morgan fingerprint density at radius 3 is 2.45 bits per heavy atom. The number of halogens is 2. The van der Waals surface area contributed by atoms with Gasteiger partial charge < -0.3 is 5.32 Å². The normalized spacial score (nSPS) is 17.8. The highest BCUT2D eigenvalue weighted by molar-refractivity contribution is 6.42. The highest BCUT2D eigenvalue weighted by atomic mass is 35.5. The zero-order chi connectivity index (χ0) is 14.1. The summed E-state index contributed by atoms with van der Waals surface area (Å²) >= 11 is 11.9. The molecule has 0 spiro atoms. The van der Waals surface area contributed by atoms with Gasteiger partial charge >= 0.3 is 6.03 Å². The lowest BCUT2D eigenvalue weighted by molar-refractivity contribution is 0.250. The van der Waals surface area contributed by atoms with Crippen molar-refractivity contribution in [3.05, 3.63) is 69.7 Å². The van der Waals surface area contributed by atoms with Crippen molar-refractivity contribution in [2.24, 2.45) is 4.99 Å². The van der Waals surface area contributed by atoms with Crippen LogP contribution in [0.25, 0.3) is 0 Å². The highest BCUT2D eigenvalue weighted by Gasteiger charge is 2.28. The van der Waals surface area contributed by atoms with Gasteiger partial charge in [-0.05, 0) is 17.7 Å². The molecule has 1 aliphatic heterocycles. The Balaban J connectivity index is 2.03. The third-order valence-corrected chi connectivity index (χ3v) is 3.85. The fraction of sp³-hybridized carbons (Fsp3) is 0.0667. The maximum atomic E-state index is 11.6. The van der Waals surface area contributed by atoms with Crippen LogP contribution in [0.3, 0.4) is 0 Å². The minimum atomic E-state index is -0.347. The SMILES string of the molecule is O=C1N=C(c2ccc(Cl)c(Cl)c2)C(c2ccccc2)N1. The minimum absolute atomic E-state index is 0.263. The zero-order valence-electron chi connectivity index (χ0n) is 10.3. The summed E-state index contributed by atoms with van der Waals surface area (Å²) in [7, 11) is 0. The molecule has 0 radical (unpaired) electrons. The summed E-state index contributed by atoms with van der Waals surface area (Å²) in [5.74, 6) is 0. The number of nitrogens with one attached hydrogen (secondary N) is 1. The van der Waals surface area contributed by atoms with E-state index in [-0.39, 0.29) is 12.1 Å². The van der Waals surface area contributed by atoms with Crippen LogP contribution in [0.5, 0.6) is 0 Å². The minimum Gasteiger partial charge on any atom is -0.324 e. The molecule has 1 unspecified atom stereocenters. The van der Waals surface area contributed by atoms with Gasteiger partial charge in [-0.1, -0.05) is 59.6 Å². The van der Waals surface area contributed by atoms with E-state index in [1.54, 1.807) is 12.1 Å². The second-order valence-electron chi connectivity index (χ2n) is 4.42. The molecule has 1 heterocycles. The van der Waals surface area contributed by atoms with E-state index in [0.717, 1.165) is 11.1 Å². The number of carbonyl (C=O) groups is 1. The van der Waals surface area contributed by atoms with Crippen LogP contribution in [0.1, 0.15) is 17.2 Å². The molecule has 2 aromatic carbocycles. The molecule has 1 atom stereocenters. The Morgan fingerprint density at radius 2 is 1.75 bits per heavy atom. The Hall–Kier alpha value is -1.84. The molecule has 0 bridgehead atoms. The third-order valence-electron chi connectivity index (χ3n) is 3.11. The Bertz CT molecular complexity index is 698. The predicted molar refractivity (Wildman–Crippen MR) is 80.7 cm³/mol. The number of aliphatic imine (C=N–C) groups is 1. The van der Waals surface area contributed by atoms with E-state index in [2.05, 4.69) is 10.3 Å². The molecule has 3 nitrogen and oxygen atoms in total. The number of benzene rings is 2. The van der Waals surface area contributed by atoms with Gasteiger partial charge in [0.05, 0.1) is 21.8 Å². The van der Waals surface area contributed by atoms with Gasteiger partial charge in [-0.2, -0.15) is 4.99 Å². The Kier molecular flexibility index (Phi) is 3.47. The standard InChI is InChI=1S/C15H10Cl2N2O/c16-11-7-6-10(8-12(11)17)14-13(18-15(20)19-14)9-4-2-1-3-5-9/h1-8,13H,(H,18,20). The summed E-state index contributed by atoms with van der Waals surface area (Å²) in [5.41, 5.74) is 2.41. The van der Waals surface area contributed by atoms with Crippen LogP contribution in [-0.2, 0) is 0 Å². The molecule has 3 rings (SSSR count). The molecule has 0 aliphatic carbocycles. The van der Waals surface area contributed by atoms with Gasteiger partial charge in [0.1, 0.15) is 0 Å². The zero-order valence-corrected chi connectivity index (χ0v) is 11.8. The molecule has 100 valence electrons.